The Labute approximate surface area is 124 Å². The van der Waals surface area contributed by atoms with Crippen LogP contribution in [0.4, 0.5) is 0 Å². The Morgan fingerprint density at radius 2 is 2.29 bits per heavy atom. The Morgan fingerprint density at radius 3 is 2.86 bits per heavy atom. The molecule has 116 valence electrons. The number of ether oxygens (including phenoxy) is 1. The van der Waals surface area contributed by atoms with Gasteiger partial charge in [-0.25, -0.2) is 4.79 Å². The number of hydrogen-bond donors (Lipinski definition) is 2. The lowest BCUT2D eigenvalue weighted by Gasteiger charge is -2.54. The summed E-state index contributed by atoms with van der Waals surface area (Å²) in [5.41, 5.74) is -2.20. The molecule has 2 heterocycles. The number of carbonyl (C=O) groups is 2. The molecular weight excluding hydrogens is 270 g/mol. The van der Waals surface area contributed by atoms with Crippen LogP contribution >= 0.6 is 0 Å². The van der Waals surface area contributed by atoms with Crippen molar-refractivity contribution >= 4 is 11.9 Å². The SMILES string of the molecule is CCCC1C(=O)NC2(C(O)C3C=CCCC3)C(=O)OC12C. The van der Waals surface area contributed by atoms with E-state index < -0.39 is 23.2 Å². The quantitative estimate of drug-likeness (QED) is 0.605. The van der Waals surface area contributed by atoms with Crippen molar-refractivity contribution in [2.45, 2.75) is 63.2 Å². The van der Waals surface area contributed by atoms with Crippen LogP contribution in [-0.4, -0.2) is 34.2 Å². The summed E-state index contributed by atoms with van der Waals surface area (Å²) in [6.45, 7) is 3.78. The summed E-state index contributed by atoms with van der Waals surface area (Å²) >= 11 is 0. The number of allylic oxidation sites excluding steroid dienone is 1. The van der Waals surface area contributed by atoms with Gasteiger partial charge in [0.05, 0.1) is 12.0 Å². The summed E-state index contributed by atoms with van der Waals surface area (Å²) in [5, 5.41) is 13.6. The molecule has 5 atom stereocenters. The zero-order valence-electron chi connectivity index (χ0n) is 12.6. The Balaban J connectivity index is 1.94. The number of nitrogens with one attached hydrogen (secondary N) is 1. The van der Waals surface area contributed by atoms with E-state index in [1.807, 2.05) is 19.1 Å². The van der Waals surface area contributed by atoms with Gasteiger partial charge >= 0.3 is 5.97 Å². The highest BCUT2D eigenvalue weighted by Crippen LogP contribution is 2.53. The van der Waals surface area contributed by atoms with E-state index in [2.05, 4.69) is 5.32 Å². The van der Waals surface area contributed by atoms with Crippen LogP contribution in [-0.2, 0) is 14.3 Å². The average molecular weight is 293 g/mol. The van der Waals surface area contributed by atoms with Crippen LogP contribution in [0.2, 0.25) is 0 Å². The van der Waals surface area contributed by atoms with Crippen molar-refractivity contribution in [2.24, 2.45) is 11.8 Å². The number of hydrogen-bond acceptors (Lipinski definition) is 4. The lowest BCUT2D eigenvalue weighted by molar-refractivity contribution is -0.238. The fourth-order valence-corrected chi connectivity index (χ4v) is 4.17. The predicted octanol–water partition coefficient (Wildman–Crippen LogP) is 1.30. The number of esters is 1. The smallest absolute Gasteiger partial charge is 0.339 e. The van der Waals surface area contributed by atoms with Crippen LogP contribution in [0, 0.1) is 11.8 Å². The molecule has 2 aliphatic heterocycles. The summed E-state index contributed by atoms with van der Waals surface area (Å²) in [5.74, 6) is -1.15. The van der Waals surface area contributed by atoms with E-state index in [-0.39, 0.29) is 17.7 Å². The van der Waals surface area contributed by atoms with Crippen molar-refractivity contribution in [3.05, 3.63) is 12.2 Å². The monoisotopic (exact) mass is 293 g/mol. The molecular formula is C16H23NO4. The first-order valence-electron chi connectivity index (χ1n) is 7.87. The van der Waals surface area contributed by atoms with Gasteiger partial charge in [-0.3, -0.25) is 4.79 Å². The third-order valence-electron chi connectivity index (χ3n) is 5.43. The van der Waals surface area contributed by atoms with Crippen LogP contribution in [0.5, 0.6) is 0 Å². The highest BCUT2D eigenvalue weighted by Gasteiger charge is 2.79. The predicted molar refractivity (Wildman–Crippen MR) is 76.3 cm³/mol. The number of aliphatic hydroxyl groups is 1. The van der Waals surface area contributed by atoms with E-state index >= 15 is 0 Å². The molecule has 0 radical (unpaired) electrons. The maximum absolute atomic E-state index is 12.3. The standard InChI is InChI=1S/C16H23NO4/c1-3-7-11-13(19)17-16(14(20)21-15(11,16)2)12(18)10-8-5-4-6-9-10/h5,8,10-12,18H,3-4,6-7,9H2,1-2H3,(H,17,19). The van der Waals surface area contributed by atoms with Gasteiger partial charge in [-0.05, 0) is 32.6 Å². The highest BCUT2D eigenvalue weighted by molar-refractivity contribution is 6.01. The Kier molecular flexibility index (Phi) is 3.35. The molecule has 5 heteroatoms. The minimum Gasteiger partial charge on any atom is -0.453 e. The Bertz CT molecular complexity index is 503. The van der Waals surface area contributed by atoms with Crippen molar-refractivity contribution < 1.29 is 19.4 Å². The van der Waals surface area contributed by atoms with Crippen LogP contribution in [0.1, 0.15) is 46.0 Å². The van der Waals surface area contributed by atoms with Crippen molar-refractivity contribution in [2.75, 3.05) is 0 Å². The van der Waals surface area contributed by atoms with Crippen LogP contribution in [0.25, 0.3) is 0 Å². The molecule has 2 saturated heterocycles. The zero-order valence-corrected chi connectivity index (χ0v) is 12.6. The average Bonchev–Trinajstić information content (AvgIpc) is 2.65. The van der Waals surface area contributed by atoms with E-state index in [9.17, 15) is 14.7 Å². The number of rotatable bonds is 4. The largest absolute Gasteiger partial charge is 0.453 e. The van der Waals surface area contributed by atoms with E-state index in [0.29, 0.717) is 6.42 Å². The number of fused-ring (bicyclic) bond motifs is 1. The molecule has 0 aromatic rings. The van der Waals surface area contributed by atoms with E-state index in [0.717, 1.165) is 25.7 Å². The van der Waals surface area contributed by atoms with Crippen molar-refractivity contribution in [3.63, 3.8) is 0 Å². The molecule has 0 saturated carbocycles. The van der Waals surface area contributed by atoms with Crippen LogP contribution < -0.4 is 5.32 Å². The van der Waals surface area contributed by atoms with Gasteiger partial charge in [-0.15, -0.1) is 0 Å². The molecule has 1 aliphatic carbocycles. The van der Waals surface area contributed by atoms with Gasteiger partial charge in [0.25, 0.3) is 0 Å². The number of aliphatic hydroxyl groups excluding tert-OH is 1. The number of carbonyl (C=O) groups excluding carboxylic acids is 2. The van der Waals surface area contributed by atoms with Crippen molar-refractivity contribution in [1.82, 2.24) is 5.32 Å². The lowest BCUT2D eigenvalue weighted by atomic mass is 9.64. The molecule has 3 aliphatic rings. The molecule has 1 amide bonds. The molecule has 2 N–H and O–H groups in total. The van der Waals surface area contributed by atoms with Crippen molar-refractivity contribution in [1.29, 1.82) is 0 Å². The molecule has 5 unspecified atom stereocenters. The second-order valence-electron chi connectivity index (χ2n) is 6.60. The first-order chi connectivity index (χ1) is 9.97. The molecule has 0 bridgehead atoms. The maximum atomic E-state index is 12.3. The zero-order chi connectivity index (χ0) is 15.3. The molecule has 2 fully saturated rings. The molecule has 21 heavy (non-hydrogen) atoms. The second kappa shape index (κ2) is 4.83. The van der Waals surface area contributed by atoms with Gasteiger partial charge in [0, 0.05) is 5.92 Å². The van der Waals surface area contributed by atoms with Crippen LogP contribution in [0.15, 0.2) is 12.2 Å². The third kappa shape index (κ3) is 1.73. The maximum Gasteiger partial charge on any atom is 0.339 e. The van der Waals surface area contributed by atoms with E-state index in [1.165, 1.54) is 0 Å². The van der Waals surface area contributed by atoms with Gasteiger partial charge in [-0.1, -0.05) is 25.5 Å². The molecule has 3 rings (SSSR count). The van der Waals surface area contributed by atoms with E-state index in [1.54, 1.807) is 6.92 Å². The Morgan fingerprint density at radius 1 is 1.52 bits per heavy atom. The minimum atomic E-state index is -1.27. The molecule has 0 aromatic heterocycles. The number of amides is 1. The van der Waals surface area contributed by atoms with Crippen molar-refractivity contribution in [3.8, 4) is 0 Å². The van der Waals surface area contributed by atoms with Gasteiger partial charge in [0.15, 0.2) is 5.60 Å². The topological polar surface area (TPSA) is 75.6 Å². The summed E-state index contributed by atoms with van der Waals surface area (Å²) < 4.78 is 5.40. The fourth-order valence-electron chi connectivity index (χ4n) is 4.17. The van der Waals surface area contributed by atoms with Gasteiger partial charge in [-0.2, -0.15) is 0 Å². The summed E-state index contributed by atoms with van der Waals surface area (Å²) in [7, 11) is 0. The van der Waals surface area contributed by atoms with Gasteiger partial charge < -0.3 is 15.2 Å². The minimum absolute atomic E-state index is 0.105. The van der Waals surface area contributed by atoms with Crippen LogP contribution in [0.3, 0.4) is 0 Å². The normalized spacial score (nSPS) is 42.8. The summed E-state index contributed by atoms with van der Waals surface area (Å²) in [6, 6.07) is 0. The summed E-state index contributed by atoms with van der Waals surface area (Å²) in [6.07, 6.45) is 7.40. The fraction of sp³-hybridized carbons (Fsp3) is 0.750. The van der Waals surface area contributed by atoms with Gasteiger partial charge in [0.1, 0.15) is 0 Å². The highest BCUT2D eigenvalue weighted by atomic mass is 16.6. The first kappa shape index (κ1) is 14.6. The first-order valence-corrected chi connectivity index (χ1v) is 7.87. The molecule has 0 aromatic carbocycles. The molecule has 5 nitrogen and oxygen atoms in total. The Hall–Kier alpha value is -1.36. The summed E-state index contributed by atoms with van der Waals surface area (Å²) in [4.78, 5) is 24.5. The van der Waals surface area contributed by atoms with E-state index in [4.69, 9.17) is 4.74 Å². The third-order valence-corrected chi connectivity index (χ3v) is 5.43. The van der Waals surface area contributed by atoms with Gasteiger partial charge in [0.2, 0.25) is 11.4 Å². The molecule has 0 spiro atoms. The lowest BCUT2D eigenvalue weighted by Crippen LogP contribution is -2.80. The second-order valence-corrected chi connectivity index (χ2v) is 6.60.